The number of guanidine groups is 1. The van der Waals surface area contributed by atoms with Crippen LogP contribution in [0.4, 0.5) is 0 Å². The Kier molecular flexibility index (Phi) is 10.8. The number of hydrogen-bond acceptors (Lipinski definition) is 4. The van der Waals surface area contributed by atoms with Gasteiger partial charge >= 0.3 is 0 Å². The van der Waals surface area contributed by atoms with Gasteiger partial charge in [-0.15, -0.1) is 35.3 Å². The predicted octanol–water partition coefficient (Wildman–Crippen LogP) is 3.84. The lowest BCUT2D eigenvalue weighted by Gasteiger charge is -2.25. The molecule has 2 rings (SSSR count). The molecule has 0 atom stereocenters. The van der Waals surface area contributed by atoms with Gasteiger partial charge in [-0.2, -0.15) is 0 Å². The lowest BCUT2D eigenvalue weighted by Crippen LogP contribution is -2.43. The van der Waals surface area contributed by atoms with Crippen LogP contribution in [0.5, 0.6) is 0 Å². The first-order valence-electron chi connectivity index (χ1n) is 9.68. The van der Waals surface area contributed by atoms with Gasteiger partial charge in [-0.1, -0.05) is 44.2 Å². The third-order valence-electron chi connectivity index (χ3n) is 4.44. The van der Waals surface area contributed by atoms with Gasteiger partial charge < -0.3 is 10.6 Å². The van der Waals surface area contributed by atoms with Crippen LogP contribution in [0.15, 0.2) is 46.8 Å². The van der Waals surface area contributed by atoms with E-state index in [0.29, 0.717) is 12.5 Å². The van der Waals surface area contributed by atoms with Crippen molar-refractivity contribution in [3.05, 3.63) is 57.8 Å². The number of aliphatic imine (C=N–C) groups is 1. The molecule has 0 radical (unpaired) electrons. The van der Waals surface area contributed by atoms with E-state index >= 15 is 0 Å². The van der Waals surface area contributed by atoms with E-state index in [1.807, 2.05) is 38.1 Å². The van der Waals surface area contributed by atoms with Gasteiger partial charge in [0.25, 0.3) is 0 Å². The highest BCUT2D eigenvalue weighted by Gasteiger charge is 2.22. The summed E-state index contributed by atoms with van der Waals surface area (Å²) in [6.07, 6.45) is 0. The zero-order chi connectivity index (χ0) is 21.5. The molecule has 0 aliphatic heterocycles. The molecule has 0 saturated carbocycles. The minimum absolute atomic E-state index is 0. The van der Waals surface area contributed by atoms with Crippen molar-refractivity contribution >= 4 is 51.3 Å². The van der Waals surface area contributed by atoms with Crippen molar-refractivity contribution in [2.24, 2.45) is 4.99 Å². The molecule has 0 amide bonds. The summed E-state index contributed by atoms with van der Waals surface area (Å²) in [4.78, 5) is 5.61. The molecule has 2 aromatic rings. The minimum Gasteiger partial charge on any atom is -0.356 e. The second kappa shape index (κ2) is 12.0. The first-order chi connectivity index (χ1) is 13.6. The number of rotatable bonds is 9. The molecular formula is C21H33IN4O2S2. The fraction of sp³-hybridized carbons (Fsp3) is 0.476. The molecule has 3 N–H and O–H groups in total. The molecule has 0 saturated heterocycles. The average molecular weight is 565 g/mol. The number of hydrogen-bond donors (Lipinski definition) is 3. The van der Waals surface area contributed by atoms with Gasteiger partial charge in [-0.05, 0) is 36.4 Å². The summed E-state index contributed by atoms with van der Waals surface area (Å²) >= 11 is 1.75. The summed E-state index contributed by atoms with van der Waals surface area (Å²) in [6, 6.07) is 11.7. The Morgan fingerprint density at radius 2 is 1.77 bits per heavy atom. The summed E-state index contributed by atoms with van der Waals surface area (Å²) < 4.78 is 27.3. The zero-order valence-electron chi connectivity index (χ0n) is 18.2. The predicted molar refractivity (Wildman–Crippen MR) is 138 cm³/mol. The quantitative estimate of drug-likeness (QED) is 0.246. The number of nitrogens with zero attached hydrogens (tertiary/aromatic N) is 1. The van der Waals surface area contributed by atoms with E-state index in [2.05, 4.69) is 51.7 Å². The summed E-state index contributed by atoms with van der Waals surface area (Å²) in [5.41, 5.74) is 1.70. The largest absolute Gasteiger partial charge is 0.356 e. The van der Waals surface area contributed by atoms with Crippen LogP contribution < -0.4 is 15.4 Å². The fourth-order valence-electron chi connectivity index (χ4n) is 2.93. The van der Waals surface area contributed by atoms with Crippen LogP contribution in [-0.4, -0.2) is 34.0 Å². The van der Waals surface area contributed by atoms with Crippen molar-refractivity contribution in [1.82, 2.24) is 15.4 Å². The Balaban J connectivity index is 0.00000450. The maximum Gasteiger partial charge on any atom is 0.216 e. The third-order valence-corrected chi connectivity index (χ3v) is 7.19. The number of thiophene rings is 1. The van der Waals surface area contributed by atoms with Gasteiger partial charge in [0.2, 0.25) is 10.0 Å². The monoisotopic (exact) mass is 564 g/mol. The standard InChI is InChI=1S/C21H32N4O2S2.HI/c1-16(2)25-29(26,27)14-18-10-7-6-9-17(18)13-23-20(22-5)24-15-21(3,4)19-11-8-12-28-19;/h6-12,16,25H,13-15H2,1-5H3,(H2,22,23,24);1H. The Morgan fingerprint density at radius 3 is 2.33 bits per heavy atom. The first kappa shape index (κ1) is 26.9. The van der Waals surface area contributed by atoms with Gasteiger partial charge in [0, 0.05) is 36.5 Å². The Bertz CT molecular complexity index is 911. The topological polar surface area (TPSA) is 82.6 Å². The van der Waals surface area contributed by atoms with Crippen LogP contribution in [0.1, 0.15) is 43.7 Å². The number of nitrogens with one attached hydrogen (secondary N) is 3. The van der Waals surface area contributed by atoms with Gasteiger partial charge in [-0.25, -0.2) is 13.1 Å². The zero-order valence-corrected chi connectivity index (χ0v) is 22.2. The highest BCUT2D eigenvalue weighted by atomic mass is 127. The average Bonchev–Trinajstić information content (AvgIpc) is 3.17. The van der Waals surface area contributed by atoms with Gasteiger partial charge in [-0.3, -0.25) is 4.99 Å². The SMILES string of the molecule is CN=C(NCc1ccccc1CS(=O)(=O)NC(C)C)NCC(C)(C)c1cccs1.I. The Labute approximate surface area is 202 Å². The molecule has 0 spiro atoms. The number of sulfonamides is 1. The Morgan fingerprint density at radius 1 is 1.10 bits per heavy atom. The van der Waals surface area contributed by atoms with Gasteiger partial charge in [0.15, 0.2) is 5.96 Å². The van der Waals surface area contributed by atoms with E-state index in [4.69, 9.17) is 0 Å². The lowest BCUT2D eigenvalue weighted by atomic mass is 9.91. The molecule has 0 aliphatic carbocycles. The Hall–Kier alpha value is -1.17. The highest BCUT2D eigenvalue weighted by molar-refractivity contribution is 14.0. The fourth-order valence-corrected chi connectivity index (χ4v) is 5.28. The van der Waals surface area contributed by atoms with Gasteiger partial charge in [0.05, 0.1) is 5.75 Å². The number of halogens is 1. The van der Waals surface area contributed by atoms with Crippen LogP contribution in [0.2, 0.25) is 0 Å². The molecule has 9 heteroatoms. The first-order valence-corrected chi connectivity index (χ1v) is 12.2. The van der Waals surface area contributed by atoms with E-state index < -0.39 is 10.0 Å². The smallest absolute Gasteiger partial charge is 0.216 e. The summed E-state index contributed by atoms with van der Waals surface area (Å²) in [5.74, 6) is 0.646. The van der Waals surface area contributed by atoms with Crippen molar-refractivity contribution in [2.45, 2.75) is 51.4 Å². The van der Waals surface area contributed by atoms with Crippen LogP contribution in [0.3, 0.4) is 0 Å². The van der Waals surface area contributed by atoms with Gasteiger partial charge in [0.1, 0.15) is 0 Å². The lowest BCUT2D eigenvalue weighted by molar-refractivity contribution is 0.518. The van der Waals surface area contributed by atoms with Crippen molar-refractivity contribution < 1.29 is 8.42 Å². The van der Waals surface area contributed by atoms with E-state index in [9.17, 15) is 8.42 Å². The van der Waals surface area contributed by atoms with E-state index in [0.717, 1.165) is 17.7 Å². The summed E-state index contributed by atoms with van der Waals surface area (Å²) in [6.45, 7) is 9.26. The van der Waals surface area contributed by atoms with Crippen molar-refractivity contribution in [2.75, 3.05) is 13.6 Å². The molecule has 30 heavy (non-hydrogen) atoms. The summed E-state index contributed by atoms with van der Waals surface area (Å²) in [5, 5.41) is 8.76. The van der Waals surface area contributed by atoms with Crippen LogP contribution in [0, 0.1) is 0 Å². The molecule has 0 bridgehead atoms. The van der Waals surface area contributed by atoms with Crippen molar-refractivity contribution in [3.8, 4) is 0 Å². The van der Waals surface area contributed by atoms with Crippen LogP contribution in [-0.2, 0) is 27.7 Å². The van der Waals surface area contributed by atoms with E-state index in [1.54, 1.807) is 18.4 Å². The minimum atomic E-state index is -3.38. The molecule has 6 nitrogen and oxygen atoms in total. The second-order valence-corrected chi connectivity index (χ2v) is 10.6. The van der Waals surface area contributed by atoms with Crippen LogP contribution in [0.25, 0.3) is 0 Å². The van der Waals surface area contributed by atoms with Crippen molar-refractivity contribution in [3.63, 3.8) is 0 Å². The van der Waals surface area contributed by atoms with E-state index in [-0.39, 0.29) is 41.2 Å². The maximum atomic E-state index is 12.3. The normalized spacial score (nSPS) is 12.5. The molecule has 0 aliphatic rings. The molecule has 1 heterocycles. The summed E-state index contributed by atoms with van der Waals surface area (Å²) in [7, 11) is -1.65. The molecule has 1 aromatic heterocycles. The third kappa shape index (κ3) is 8.52. The van der Waals surface area contributed by atoms with Crippen molar-refractivity contribution in [1.29, 1.82) is 0 Å². The highest BCUT2D eigenvalue weighted by Crippen LogP contribution is 2.26. The molecular weight excluding hydrogens is 531 g/mol. The molecule has 0 fully saturated rings. The van der Waals surface area contributed by atoms with Crippen LogP contribution >= 0.6 is 35.3 Å². The molecule has 0 unspecified atom stereocenters. The second-order valence-electron chi connectivity index (χ2n) is 7.94. The van der Waals surface area contributed by atoms with E-state index in [1.165, 1.54) is 4.88 Å². The molecule has 168 valence electrons. The molecule has 1 aromatic carbocycles. The maximum absolute atomic E-state index is 12.3. The number of benzene rings is 1.